The Kier molecular flexibility index (Phi) is 3.45. The molecule has 1 atom stereocenters. The van der Waals surface area contributed by atoms with Crippen molar-refractivity contribution in [3.8, 4) is 5.75 Å². The molecular formula is C12H17NO2. The summed E-state index contributed by atoms with van der Waals surface area (Å²) in [5, 5.41) is 0. The number of para-hydroxylation sites is 2. The second-order valence-electron chi connectivity index (χ2n) is 3.84. The van der Waals surface area contributed by atoms with E-state index in [2.05, 4.69) is 0 Å². The Labute approximate surface area is 90.2 Å². The first-order valence-corrected chi connectivity index (χ1v) is 5.45. The van der Waals surface area contributed by atoms with Crippen LogP contribution in [-0.2, 0) is 4.74 Å². The number of rotatable bonds is 3. The molecule has 15 heavy (non-hydrogen) atoms. The van der Waals surface area contributed by atoms with Crippen LogP contribution in [-0.4, -0.2) is 19.3 Å². The zero-order chi connectivity index (χ0) is 10.5. The van der Waals surface area contributed by atoms with Gasteiger partial charge < -0.3 is 15.2 Å². The molecule has 1 aromatic carbocycles. The fourth-order valence-electron chi connectivity index (χ4n) is 1.73. The maximum absolute atomic E-state index is 5.77. The van der Waals surface area contributed by atoms with Gasteiger partial charge in [-0.3, -0.25) is 0 Å². The number of hydrogen-bond acceptors (Lipinski definition) is 3. The standard InChI is InChI=1S/C12H17NO2/c13-11-6-1-2-7-12(11)15-9-10-5-3-4-8-14-10/h1-2,6-7,10H,3-5,8-9,13H2/t10-/m1/s1. The van der Waals surface area contributed by atoms with E-state index in [0.717, 1.165) is 18.8 Å². The van der Waals surface area contributed by atoms with Gasteiger partial charge in [-0.1, -0.05) is 12.1 Å². The van der Waals surface area contributed by atoms with Crippen molar-refractivity contribution >= 4 is 5.69 Å². The predicted octanol–water partition coefficient (Wildman–Crippen LogP) is 2.22. The first-order valence-electron chi connectivity index (χ1n) is 5.45. The lowest BCUT2D eigenvalue weighted by molar-refractivity contribution is -0.0109. The minimum absolute atomic E-state index is 0.235. The Morgan fingerprint density at radius 1 is 1.33 bits per heavy atom. The first-order chi connectivity index (χ1) is 7.36. The van der Waals surface area contributed by atoms with Crippen LogP contribution in [0, 0.1) is 0 Å². The van der Waals surface area contributed by atoms with Gasteiger partial charge in [0.15, 0.2) is 0 Å². The van der Waals surface area contributed by atoms with Crippen molar-refractivity contribution in [2.45, 2.75) is 25.4 Å². The van der Waals surface area contributed by atoms with Crippen molar-refractivity contribution in [3.63, 3.8) is 0 Å². The summed E-state index contributed by atoms with van der Waals surface area (Å²) in [5.74, 6) is 0.756. The van der Waals surface area contributed by atoms with Crippen LogP contribution in [0.1, 0.15) is 19.3 Å². The lowest BCUT2D eigenvalue weighted by Gasteiger charge is -2.22. The minimum Gasteiger partial charge on any atom is -0.489 e. The van der Waals surface area contributed by atoms with Crippen LogP contribution in [0.15, 0.2) is 24.3 Å². The van der Waals surface area contributed by atoms with E-state index < -0.39 is 0 Å². The van der Waals surface area contributed by atoms with Crippen molar-refractivity contribution in [3.05, 3.63) is 24.3 Å². The van der Waals surface area contributed by atoms with Crippen molar-refractivity contribution in [2.75, 3.05) is 18.9 Å². The van der Waals surface area contributed by atoms with Gasteiger partial charge in [-0.2, -0.15) is 0 Å². The van der Waals surface area contributed by atoms with E-state index in [4.69, 9.17) is 15.2 Å². The molecule has 0 bridgehead atoms. The summed E-state index contributed by atoms with van der Waals surface area (Å²) in [4.78, 5) is 0. The quantitative estimate of drug-likeness (QED) is 0.773. The third-order valence-corrected chi connectivity index (χ3v) is 2.62. The van der Waals surface area contributed by atoms with Crippen LogP contribution in [0.25, 0.3) is 0 Å². The van der Waals surface area contributed by atoms with Crippen LogP contribution in [0.2, 0.25) is 0 Å². The second-order valence-corrected chi connectivity index (χ2v) is 3.84. The average molecular weight is 207 g/mol. The SMILES string of the molecule is Nc1ccccc1OC[C@H]1CCCCO1. The summed E-state index contributed by atoms with van der Waals surface area (Å²) in [7, 11) is 0. The molecule has 2 N–H and O–H groups in total. The third kappa shape index (κ3) is 2.86. The molecule has 1 heterocycles. The summed E-state index contributed by atoms with van der Waals surface area (Å²) in [6.45, 7) is 1.46. The summed E-state index contributed by atoms with van der Waals surface area (Å²) in [5.41, 5.74) is 6.46. The Hall–Kier alpha value is -1.22. The molecule has 3 heteroatoms. The van der Waals surface area contributed by atoms with Crippen LogP contribution >= 0.6 is 0 Å². The van der Waals surface area contributed by atoms with E-state index in [1.165, 1.54) is 12.8 Å². The van der Waals surface area contributed by atoms with Gasteiger partial charge in [0.1, 0.15) is 12.4 Å². The van der Waals surface area contributed by atoms with Crippen molar-refractivity contribution < 1.29 is 9.47 Å². The molecule has 0 aromatic heterocycles. The molecule has 1 fully saturated rings. The van der Waals surface area contributed by atoms with Crippen molar-refractivity contribution in [2.24, 2.45) is 0 Å². The normalized spacial score (nSPS) is 21.2. The minimum atomic E-state index is 0.235. The number of nitrogens with two attached hydrogens (primary N) is 1. The highest BCUT2D eigenvalue weighted by Crippen LogP contribution is 2.21. The highest BCUT2D eigenvalue weighted by molar-refractivity contribution is 5.51. The van der Waals surface area contributed by atoms with Gasteiger partial charge in [-0.25, -0.2) is 0 Å². The molecule has 1 aliphatic rings. The smallest absolute Gasteiger partial charge is 0.142 e. The molecule has 0 saturated carbocycles. The summed E-state index contributed by atoms with van der Waals surface area (Å²) in [6, 6.07) is 7.56. The van der Waals surface area contributed by atoms with Gasteiger partial charge >= 0.3 is 0 Å². The van der Waals surface area contributed by atoms with Gasteiger partial charge in [0.05, 0.1) is 11.8 Å². The van der Waals surface area contributed by atoms with Crippen molar-refractivity contribution in [1.29, 1.82) is 0 Å². The maximum atomic E-state index is 5.77. The number of anilines is 1. The molecule has 0 radical (unpaired) electrons. The second kappa shape index (κ2) is 5.03. The molecule has 1 aliphatic heterocycles. The lowest BCUT2D eigenvalue weighted by Crippen LogP contribution is -2.25. The predicted molar refractivity (Wildman–Crippen MR) is 59.9 cm³/mol. The third-order valence-electron chi connectivity index (χ3n) is 2.62. The van der Waals surface area contributed by atoms with E-state index in [9.17, 15) is 0 Å². The fraction of sp³-hybridized carbons (Fsp3) is 0.500. The van der Waals surface area contributed by atoms with Gasteiger partial charge in [0.2, 0.25) is 0 Å². The Balaban J connectivity index is 1.84. The van der Waals surface area contributed by atoms with Crippen LogP contribution in [0.4, 0.5) is 5.69 Å². The zero-order valence-electron chi connectivity index (χ0n) is 8.82. The Morgan fingerprint density at radius 3 is 2.93 bits per heavy atom. The van der Waals surface area contributed by atoms with Crippen molar-refractivity contribution in [1.82, 2.24) is 0 Å². The monoisotopic (exact) mass is 207 g/mol. The van der Waals surface area contributed by atoms with E-state index in [-0.39, 0.29) is 6.10 Å². The van der Waals surface area contributed by atoms with Crippen LogP contribution < -0.4 is 10.5 Å². The van der Waals surface area contributed by atoms with E-state index in [1.54, 1.807) is 0 Å². The molecular weight excluding hydrogens is 190 g/mol. The maximum Gasteiger partial charge on any atom is 0.142 e. The molecule has 0 unspecified atom stereocenters. The fourth-order valence-corrected chi connectivity index (χ4v) is 1.73. The van der Waals surface area contributed by atoms with E-state index in [1.807, 2.05) is 24.3 Å². The lowest BCUT2D eigenvalue weighted by atomic mass is 10.1. The number of ether oxygens (including phenoxy) is 2. The topological polar surface area (TPSA) is 44.5 Å². The summed E-state index contributed by atoms with van der Waals surface area (Å²) < 4.78 is 11.2. The highest BCUT2D eigenvalue weighted by atomic mass is 16.5. The molecule has 0 aliphatic carbocycles. The number of benzene rings is 1. The Morgan fingerprint density at radius 2 is 2.20 bits per heavy atom. The van der Waals surface area contributed by atoms with Crippen LogP contribution in [0.3, 0.4) is 0 Å². The van der Waals surface area contributed by atoms with Gasteiger partial charge in [0, 0.05) is 6.61 Å². The van der Waals surface area contributed by atoms with Gasteiger partial charge in [-0.05, 0) is 31.4 Å². The average Bonchev–Trinajstić information content (AvgIpc) is 2.29. The van der Waals surface area contributed by atoms with E-state index in [0.29, 0.717) is 12.3 Å². The number of hydrogen-bond donors (Lipinski definition) is 1. The molecule has 2 rings (SSSR count). The molecule has 1 aromatic rings. The molecule has 3 nitrogen and oxygen atoms in total. The summed E-state index contributed by atoms with van der Waals surface area (Å²) >= 11 is 0. The molecule has 82 valence electrons. The summed E-state index contributed by atoms with van der Waals surface area (Å²) in [6.07, 6.45) is 3.73. The largest absolute Gasteiger partial charge is 0.489 e. The van der Waals surface area contributed by atoms with Gasteiger partial charge in [0.25, 0.3) is 0 Å². The molecule has 0 amide bonds. The van der Waals surface area contributed by atoms with Gasteiger partial charge in [-0.15, -0.1) is 0 Å². The van der Waals surface area contributed by atoms with E-state index >= 15 is 0 Å². The zero-order valence-corrected chi connectivity index (χ0v) is 8.82. The van der Waals surface area contributed by atoms with Crippen LogP contribution in [0.5, 0.6) is 5.75 Å². The first kappa shape index (κ1) is 10.3. The number of nitrogen functional groups attached to an aromatic ring is 1. The highest BCUT2D eigenvalue weighted by Gasteiger charge is 2.14. The molecule has 1 saturated heterocycles. The molecule has 0 spiro atoms. The Bertz CT molecular complexity index is 308.